The zero-order chi connectivity index (χ0) is 10.2. The molecule has 3 heteroatoms. The van der Waals surface area contributed by atoms with E-state index in [1.165, 1.54) is 16.2 Å². The molecule has 0 radical (unpaired) electrons. The molecule has 0 spiro atoms. The summed E-state index contributed by atoms with van der Waals surface area (Å²) in [6.45, 7) is 8.59. The Kier molecular flexibility index (Phi) is 5.83. The Morgan fingerprint density at radius 3 is 2.57 bits per heavy atom. The van der Waals surface area contributed by atoms with Crippen LogP contribution < -0.4 is 10.6 Å². The van der Waals surface area contributed by atoms with Crippen LogP contribution in [0.2, 0.25) is 0 Å². The van der Waals surface area contributed by atoms with Crippen molar-refractivity contribution in [3.63, 3.8) is 0 Å². The summed E-state index contributed by atoms with van der Waals surface area (Å²) >= 11 is 1.87. The average molecular weight is 212 g/mol. The lowest BCUT2D eigenvalue weighted by atomic mass is 10.4. The summed E-state index contributed by atoms with van der Waals surface area (Å²) in [5, 5.41) is 6.79. The fourth-order valence-corrected chi connectivity index (χ4v) is 2.13. The van der Waals surface area contributed by atoms with Crippen molar-refractivity contribution in [2.45, 2.75) is 26.8 Å². The van der Waals surface area contributed by atoms with E-state index >= 15 is 0 Å². The van der Waals surface area contributed by atoms with E-state index in [4.69, 9.17) is 0 Å². The van der Waals surface area contributed by atoms with Crippen LogP contribution in [0.4, 0.5) is 0 Å². The standard InChI is InChI=1S/C11H20N2S/c1-3-6-12-7-8-13-9-11-5-4-10(2)14-11/h4-5,12-13H,3,6-9H2,1-2H3. The van der Waals surface area contributed by atoms with Crippen molar-refractivity contribution in [2.24, 2.45) is 0 Å². The Hall–Kier alpha value is -0.380. The quantitative estimate of drug-likeness (QED) is 0.677. The highest BCUT2D eigenvalue weighted by molar-refractivity contribution is 7.11. The van der Waals surface area contributed by atoms with Crippen LogP contribution in [0.3, 0.4) is 0 Å². The van der Waals surface area contributed by atoms with Gasteiger partial charge in [-0.1, -0.05) is 6.92 Å². The van der Waals surface area contributed by atoms with Gasteiger partial charge in [0, 0.05) is 29.4 Å². The van der Waals surface area contributed by atoms with Crippen molar-refractivity contribution in [3.05, 3.63) is 21.9 Å². The van der Waals surface area contributed by atoms with Gasteiger partial charge in [0.1, 0.15) is 0 Å². The van der Waals surface area contributed by atoms with Crippen LogP contribution in [0.15, 0.2) is 12.1 Å². The van der Waals surface area contributed by atoms with E-state index in [9.17, 15) is 0 Å². The molecule has 80 valence electrons. The maximum atomic E-state index is 3.42. The summed E-state index contributed by atoms with van der Waals surface area (Å²) in [5.41, 5.74) is 0. The van der Waals surface area contributed by atoms with E-state index in [2.05, 4.69) is 36.6 Å². The molecule has 14 heavy (non-hydrogen) atoms. The van der Waals surface area contributed by atoms with Crippen molar-refractivity contribution in [1.82, 2.24) is 10.6 Å². The number of hydrogen-bond acceptors (Lipinski definition) is 3. The van der Waals surface area contributed by atoms with Gasteiger partial charge in [0.2, 0.25) is 0 Å². The van der Waals surface area contributed by atoms with Crippen LogP contribution in [0.25, 0.3) is 0 Å². The number of aryl methyl sites for hydroxylation is 1. The molecule has 2 nitrogen and oxygen atoms in total. The second-order valence-corrected chi connectivity index (χ2v) is 4.81. The van der Waals surface area contributed by atoms with E-state index in [0.717, 1.165) is 26.2 Å². The van der Waals surface area contributed by atoms with Gasteiger partial charge >= 0.3 is 0 Å². The Morgan fingerprint density at radius 1 is 1.14 bits per heavy atom. The fourth-order valence-electron chi connectivity index (χ4n) is 1.27. The van der Waals surface area contributed by atoms with Crippen LogP contribution in [0, 0.1) is 6.92 Å². The highest BCUT2D eigenvalue weighted by atomic mass is 32.1. The molecule has 0 aliphatic carbocycles. The van der Waals surface area contributed by atoms with Crippen LogP contribution >= 0.6 is 11.3 Å². The number of nitrogens with one attached hydrogen (secondary N) is 2. The maximum absolute atomic E-state index is 3.42. The molecule has 0 fully saturated rings. The predicted molar refractivity (Wildman–Crippen MR) is 63.9 cm³/mol. The minimum absolute atomic E-state index is 1.01. The highest BCUT2D eigenvalue weighted by Gasteiger charge is 1.94. The number of rotatable bonds is 7. The second-order valence-electron chi connectivity index (χ2n) is 3.44. The van der Waals surface area contributed by atoms with Crippen molar-refractivity contribution < 1.29 is 0 Å². The van der Waals surface area contributed by atoms with Gasteiger partial charge in [0.25, 0.3) is 0 Å². The zero-order valence-electron chi connectivity index (χ0n) is 9.10. The largest absolute Gasteiger partial charge is 0.315 e. The Labute approximate surface area is 90.7 Å². The molecule has 0 atom stereocenters. The van der Waals surface area contributed by atoms with E-state index in [-0.39, 0.29) is 0 Å². The molecular weight excluding hydrogens is 192 g/mol. The summed E-state index contributed by atoms with van der Waals surface area (Å²) in [5.74, 6) is 0. The van der Waals surface area contributed by atoms with Crippen molar-refractivity contribution in [2.75, 3.05) is 19.6 Å². The van der Waals surface area contributed by atoms with E-state index < -0.39 is 0 Å². The lowest BCUT2D eigenvalue weighted by molar-refractivity contribution is 0.609. The predicted octanol–water partition coefficient (Wildman–Crippen LogP) is 2.15. The molecule has 0 aliphatic heterocycles. The third kappa shape index (κ3) is 4.74. The SMILES string of the molecule is CCCNCCNCc1ccc(C)s1. The van der Waals surface area contributed by atoms with Gasteiger partial charge in [-0.25, -0.2) is 0 Å². The third-order valence-corrected chi connectivity index (χ3v) is 3.00. The van der Waals surface area contributed by atoms with Crippen LogP contribution in [0.5, 0.6) is 0 Å². The number of thiophene rings is 1. The van der Waals surface area contributed by atoms with Crippen molar-refractivity contribution >= 4 is 11.3 Å². The van der Waals surface area contributed by atoms with Gasteiger partial charge in [0.15, 0.2) is 0 Å². The number of hydrogen-bond donors (Lipinski definition) is 2. The maximum Gasteiger partial charge on any atom is 0.0300 e. The molecular formula is C11H20N2S. The average Bonchev–Trinajstić information content (AvgIpc) is 2.58. The van der Waals surface area contributed by atoms with Gasteiger partial charge in [-0.2, -0.15) is 0 Å². The van der Waals surface area contributed by atoms with Crippen LogP contribution in [0.1, 0.15) is 23.1 Å². The Bertz CT molecular complexity index is 245. The molecule has 0 unspecified atom stereocenters. The minimum Gasteiger partial charge on any atom is -0.315 e. The minimum atomic E-state index is 1.01. The molecule has 2 N–H and O–H groups in total. The summed E-state index contributed by atoms with van der Waals surface area (Å²) < 4.78 is 0. The van der Waals surface area contributed by atoms with Gasteiger partial charge in [-0.05, 0) is 32.0 Å². The monoisotopic (exact) mass is 212 g/mol. The first-order chi connectivity index (χ1) is 6.83. The first-order valence-corrected chi connectivity index (χ1v) is 6.11. The van der Waals surface area contributed by atoms with Crippen LogP contribution in [-0.4, -0.2) is 19.6 Å². The molecule has 1 rings (SSSR count). The lowest BCUT2D eigenvalue weighted by Gasteiger charge is -2.03. The highest BCUT2D eigenvalue weighted by Crippen LogP contribution is 2.13. The molecule has 0 saturated heterocycles. The molecule has 0 saturated carbocycles. The molecule has 1 aromatic rings. The Morgan fingerprint density at radius 2 is 1.93 bits per heavy atom. The smallest absolute Gasteiger partial charge is 0.0300 e. The summed E-state index contributed by atoms with van der Waals surface area (Å²) in [4.78, 5) is 2.82. The topological polar surface area (TPSA) is 24.1 Å². The lowest BCUT2D eigenvalue weighted by Crippen LogP contribution is -2.27. The fraction of sp³-hybridized carbons (Fsp3) is 0.636. The van der Waals surface area contributed by atoms with Gasteiger partial charge < -0.3 is 10.6 Å². The van der Waals surface area contributed by atoms with E-state index in [1.807, 2.05) is 11.3 Å². The van der Waals surface area contributed by atoms with Crippen molar-refractivity contribution in [1.29, 1.82) is 0 Å². The Balaban J connectivity index is 1.99. The first kappa shape index (κ1) is 11.7. The van der Waals surface area contributed by atoms with E-state index in [0.29, 0.717) is 0 Å². The summed E-state index contributed by atoms with van der Waals surface area (Å²) in [6.07, 6.45) is 1.21. The molecule has 0 aliphatic rings. The first-order valence-electron chi connectivity index (χ1n) is 5.29. The molecule has 0 aromatic carbocycles. The van der Waals surface area contributed by atoms with E-state index in [1.54, 1.807) is 0 Å². The molecule has 0 amide bonds. The van der Waals surface area contributed by atoms with Crippen LogP contribution in [-0.2, 0) is 6.54 Å². The molecule has 1 aromatic heterocycles. The van der Waals surface area contributed by atoms with Crippen molar-refractivity contribution in [3.8, 4) is 0 Å². The van der Waals surface area contributed by atoms with Gasteiger partial charge in [0.05, 0.1) is 0 Å². The van der Waals surface area contributed by atoms with Gasteiger partial charge in [-0.3, -0.25) is 0 Å². The third-order valence-electron chi connectivity index (χ3n) is 2.00. The molecule has 1 heterocycles. The summed E-state index contributed by atoms with van der Waals surface area (Å²) in [7, 11) is 0. The van der Waals surface area contributed by atoms with Gasteiger partial charge in [-0.15, -0.1) is 11.3 Å². The second kappa shape index (κ2) is 6.98. The zero-order valence-corrected chi connectivity index (χ0v) is 9.91. The summed E-state index contributed by atoms with van der Waals surface area (Å²) in [6, 6.07) is 4.38. The normalized spacial score (nSPS) is 10.7. The molecule has 0 bridgehead atoms.